The number of hydrogen-bond acceptors (Lipinski definition) is 3. The van der Waals surface area contributed by atoms with Gasteiger partial charge in [-0.2, -0.15) is 0 Å². The van der Waals surface area contributed by atoms with Gasteiger partial charge in [-0.05, 0) is 18.2 Å². The van der Waals surface area contributed by atoms with Crippen LogP contribution in [-0.2, 0) is 4.79 Å². The average Bonchev–Trinajstić information content (AvgIpc) is 2.37. The first-order valence-electron chi connectivity index (χ1n) is 4.26. The minimum absolute atomic E-state index is 0. The first kappa shape index (κ1) is 13.0. The summed E-state index contributed by atoms with van der Waals surface area (Å²) in [5.74, 6) is 0.163. The van der Waals surface area contributed by atoms with Gasteiger partial charge in [0.1, 0.15) is 5.75 Å². The van der Waals surface area contributed by atoms with E-state index in [0.29, 0.717) is 5.75 Å². The molecular weight excluding hydrogens is 452 g/mol. The molecule has 0 aromatic heterocycles. The van der Waals surface area contributed by atoms with Crippen molar-refractivity contribution in [2.75, 3.05) is 12.4 Å². The topological polar surface area (TPSA) is 38.3 Å². The molecule has 0 amide bonds. The Balaban J connectivity index is 0.00000112. The quantitative estimate of drug-likeness (QED) is 0.300. The number of benzene rings is 1. The van der Waals surface area contributed by atoms with Gasteiger partial charge in [-0.3, -0.25) is 0 Å². The molecule has 3 nitrogen and oxygen atoms in total. The summed E-state index contributed by atoms with van der Waals surface area (Å²) in [6.45, 7) is 0. The predicted octanol–water partition coefficient (Wildman–Crippen LogP) is 2.27. The van der Waals surface area contributed by atoms with Crippen LogP contribution >= 0.6 is 0 Å². The van der Waals surface area contributed by atoms with E-state index in [4.69, 9.17) is 4.74 Å². The van der Waals surface area contributed by atoms with E-state index in [1.54, 1.807) is 12.1 Å². The molecule has 0 spiro atoms. The van der Waals surface area contributed by atoms with E-state index in [1.807, 2.05) is 19.2 Å². The fraction of sp³-hybridized carbons (Fsp3) is 0.0833. The van der Waals surface area contributed by atoms with Crippen LogP contribution in [-0.4, -0.2) is 13.0 Å². The maximum Gasteiger partial charge on any atom is 0.344 e. The molecule has 0 saturated heterocycles. The fourth-order valence-corrected chi connectivity index (χ4v) is 1.23. The van der Waals surface area contributed by atoms with E-state index >= 15 is 0 Å². The van der Waals surface area contributed by atoms with Crippen molar-refractivity contribution < 1.29 is 9.53 Å². The van der Waals surface area contributed by atoms with Crippen molar-refractivity contribution >= 4 is 17.7 Å². The van der Waals surface area contributed by atoms with E-state index in [2.05, 4.69) is 11.0 Å². The number of carbonyl (C=O) groups is 1. The number of nitrogens with one attached hydrogen (secondary N) is 1. The van der Waals surface area contributed by atoms with Crippen LogP contribution < -0.4 is 10.1 Å². The molecule has 1 aromatic rings. The van der Waals surface area contributed by atoms with Gasteiger partial charge < -0.3 is 17.5 Å². The van der Waals surface area contributed by atoms with E-state index in [0.717, 1.165) is 11.3 Å². The van der Waals surface area contributed by atoms with Crippen molar-refractivity contribution in [3.8, 4) is 5.75 Å². The number of ether oxygens (including phenoxy) is 1. The van der Waals surface area contributed by atoms with Gasteiger partial charge in [0.15, 0.2) is 0 Å². The van der Waals surface area contributed by atoms with Crippen molar-refractivity contribution in [1.29, 1.82) is 0 Å². The summed E-state index contributed by atoms with van der Waals surface area (Å²) in [7, 11) is 1.81. The molecule has 0 unspecified atom stereocenters. The normalized spacial score (nSPS) is 11.4. The number of hydrogen-bond donors (Lipinski definition) is 1. The standard InChI is InChI=1S/C11H9NO2.CH3.Lr/c1-12-9-6-5-8-3-2-4-11(13)14-10(8)7-9;;/h3-7,12H,1H3;1H3;/q;-1;. The van der Waals surface area contributed by atoms with Gasteiger partial charge in [-0.1, -0.05) is 0 Å². The third-order valence-electron chi connectivity index (χ3n) is 1.95. The second-order valence-corrected chi connectivity index (χ2v) is 2.88. The van der Waals surface area contributed by atoms with Crippen molar-refractivity contribution in [1.82, 2.24) is 0 Å². The molecule has 93 valence electrons. The number of carbonyl (C=O) groups excluding carboxylic acids is 1. The van der Waals surface area contributed by atoms with Gasteiger partial charge in [-0.25, -0.2) is 4.79 Å². The Morgan fingerprint density at radius 1 is 1.31 bits per heavy atom. The Bertz CT molecular complexity index is 448. The zero-order valence-electron chi connectivity index (χ0n) is 8.96. The van der Waals surface area contributed by atoms with Crippen molar-refractivity contribution in [3.63, 3.8) is 0 Å². The van der Waals surface area contributed by atoms with Gasteiger partial charge in [0.2, 0.25) is 0 Å². The second-order valence-electron chi connectivity index (χ2n) is 2.88. The maximum absolute atomic E-state index is 11.1. The van der Waals surface area contributed by atoms with E-state index in [-0.39, 0.29) is 7.43 Å². The summed E-state index contributed by atoms with van der Waals surface area (Å²) in [4.78, 5) is 11.1. The van der Waals surface area contributed by atoms with E-state index < -0.39 is 5.97 Å². The van der Waals surface area contributed by atoms with E-state index in [1.165, 1.54) is 6.08 Å². The molecule has 1 N–H and O–H groups in total. The summed E-state index contributed by atoms with van der Waals surface area (Å²) >= 11 is 0. The molecule has 16 heavy (non-hydrogen) atoms. The molecule has 1 radical (unpaired) electrons. The summed E-state index contributed by atoms with van der Waals surface area (Å²) < 4.78 is 5.07. The summed E-state index contributed by atoms with van der Waals surface area (Å²) in [6, 6.07) is 5.57. The van der Waals surface area contributed by atoms with Crippen LogP contribution in [0.5, 0.6) is 5.75 Å². The van der Waals surface area contributed by atoms with Gasteiger partial charge in [0.25, 0.3) is 0 Å². The van der Waals surface area contributed by atoms with E-state index in [9.17, 15) is 4.79 Å². The first-order valence-corrected chi connectivity index (χ1v) is 4.26. The maximum atomic E-state index is 11.1. The minimum atomic E-state index is -0.395. The van der Waals surface area contributed by atoms with Gasteiger partial charge >= 0.3 is 5.97 Å². The Hall–Kier alpha value is -2.99. The summed E-state index contributed by atoms with van der Waals surface area (Å²) in [6.07, 6.45) is 3.00. The van der Waals surface area contributed by atoms with Crippen LogP contribution in [0, 0.1) is 7.43 Å². The van der Waals surface area contributed by atoms with Crippen LogP contribution in [0.4, 0.5) is 5.69 Å². The Kier molecular flexibility index (Phi) is 4.09. The first-order chi connectivity index (χ1) is 6.79. The number of anilines is 1. The second kappa shape index (κ2) is 5.03. The van der Waals surface area contributed by atoms with Gasteiger partial charge in [-0.15, -0.1) is 5.73 Å². The molecule has 0 saturated carbocycles. The van der Waals surface area contributed by atoms with Crippen LogP contribution in [0.3, 0.4) is 0 Å². The molecule has 2 rings (SSSR count). The number of esters is 1. The van der Waals surface area contributed by atoms with Crippen LogP contribution in [0.15, 0.2) is 30.0 Å². The molecule has 1 aromatic carbocycles. The molecule has 0 aliphatic carbocycles. The van der Waals surface area contributed by atoms with Crippen molar-refractivity contribution in [3.05, 3.63) is 43.0 Å². The zero-order chi connectivity index (χ0) is 9.97. The number of fused-ring (bicyclic) bond motifs is 1. The Morgan fingerprint density at radius 2 is 2.06 bits per heavy atom. The largest absolute Gasteiger partial charge is 0.422 e. The summed E-state index contributed by atoms with van der Waals surface area (Å²) in [5.41, 5.74) is 4.51. The summed E-state index contributed by atoms with van der Waals surface area (Å²) in [5, 5.41) is 2.98. The smallest absolute Gasteiger partial charge is 0.344 e. The molecule has 0 atom stereocenters. The molecule has 1 heterocycles. The molecule has 1 aliphatic rings. The SMILES string of the molecule is CNc1ccc2c(c1)OC(=O)C=C=C2.[CH3-].[Lr]. The Morgan fingerprint density at radius 3 is 2.75 bits per heavy atom. The van der Waals surface area contributed by atoms with Gasteiger partial charge in [0.05, 0.1) is 6.08 Å². The van der Waals surface area contributed by atoms with Crippen LogP contribution in [0.1, 0.15) is 5.56 Å². The average molecular weight is 464 g/mol. The molecular formula is C12H12LrNO2-. The van der Waals surface area contributed by atoms with Crippen molar-refractivity contribution in [2.45, 2.75) is 0 Å². The molecule has 4 heteroatoms. The Labute approximate surface area is 89.1 Å². The van der Waals surface area contributed by atoms with Crippen LogP contribution in [0.2, 0.25) is 0 Å². The van der Waals surface area contributed by atoms with Gasteiger partial charge in [0, 0.05) is 24.4 Å². The fourth-order valence-electron chi connectivity index (χ4n) is 1.23. The van der Waals surface area contributed by atoms with Crippen LogP contribution in [0.25, 0.3) is 6.08 Å². The third-order valence-corrected chi connectivity index (χ3v) is 1.95. The molecule has 1 aliphatic heterocycles. The molecule has 0 fully saturated rings. The monoisotopic (exact) mass is 464 g/mol. The number of rotatable bonds is 1. The molecule has 0 bridgehead atoms. The third kappa shape index (κ3) is 2.28. The minimum Gasteiger partial charge on any atom is -0.422 e. The predicted molar refractivity (Wildman–Crippen MR) is 60.6 cm³/mol. The van der Waals surface area contributed by atoms with Crippen molar-refractivity contribution in [2.24, 2.45) is 0 Å². The zero-order valence-corrected chi connectivity index (χ0v) is 11.1.